The second-order valence-electron chi connectivity index (χ2n) is 3.72. The first-order chi connectivity index (χ1) is 8.79. The van der Waals surface area contributed by atoms with Crippen LogP contribution in [0.15, 0.2) is 35.0 Å². The average Bonchev–Trinajstić information content (AvgIpc) is 2.87. The maximum atomic E-state index is 11.4. The number of carbonyl (C=O) groups excluding carboxylic acids is 1. The first kappa shape index (κ1) is 12.3. The van der Waals surface area contributed by atoms with E-state index in [0.29, 0.717) is 18.8 Å². The number of carbonyl (C=O) groups is 1. The molecule has 0 bridgehead atoms. The van der Waals surface area contributed by atoms with Gasteiger partial charge in [0.15, 0.2) is 5.69 Å². The summed E-state index contributed by atoms with van der Waals surface area (Å²) >= 11 is 0. The number of nitrogens with zero attached hydrogens (tertiary/aromatic N) is 2. The topological polar surface area (TPSA) is 65.2 Å². The largest absolute Gasteiger partial charge is 0.461 e. The summed E-state index contributed by atoms with van der Waals surface area (Å²) in [5.41, 5.74) is 1.19. The summed E-state index contributed by atoms with van der Waals surface area (Å²) < 4.78 is 9.91. The third-order valence-corrected chi connectivity index (χ3v) is 2.40. The lowest BCUT2D eigenvalue weighted by molar-refractivity contribution is 0.0514. The van der Waals surface area contributed by atoms with E-state index in [1.165, 1.54) is 0 Å². The van der Waals surface area contributed by atoms with Gasteiger partial charge in [-0.05, 0) is 25.5 Å². The zero-order chi connectivity index (χ0) is 12.8. The molecule has 0 unspecified atom stereocenters. The van der Waals surface area contributed by atoms with Crippen molar-refractivity contribution in [1.29, 1.82) is 0 Å². The normalized spacial score (nSPS) is 10.3. The van der Waals surface area contributed by atoms with Crippen LogP contribution in [0, 0.1) is 0 Å². The quantitative estimate of drug-likeness (QED) is 0.755. The molecule has 5 nitrogen and oxygen atoms in total. The van der Waals surface area contributed by atoms with Crippen molar-refractivity contribution >= 4 is 5.97 Å². The van der Waals surface area contributed by atoms with E-state index >= 15 is 0 Å². The Balaban J connectivity index is 1.93. The molecular formula is C13H14N2O3. The molecule has 0 fully saturated rings. The number of esters is 1. The van der Waals surface area contributed by atoms with Crippen molar-refractivity contribution in [2.75, 3.05) is 6.61 Å². The Morgan fingerprint density at radius 3 is 3.00 bits per heavy atom. The highest BCUT2D eigenvalue weighted by Gasteiger charge is 2.13. The molecule has 0 atom stereocenters. The standard InChI is InChI=1S/C13H14N2O3/c1-2-17-13(16)12-9-11(18-15-12)7-6-10-5-3-4-8-14-10/h3-5,8-9H,2,6-7H2,1H3. The zero-order valence-corrected chi connectivity index (χ0v) is 10.1. The van der Waals surface area contributed by atoms with Crippen molar-refractivity contribution in [1.82, 2.24) is 10.1 Å². The molecule has 0 saturated heterocycles. The number of aromatic nitrogens is 2. The minimum Gasteiger partial charge on any atom is -0.461 e. The molecule has 2 heterocycles. The summed E-state index contributed by atoms with van der Waals surface area (Å²) in [6.07, 6.45) is 3.15. The SMILES string of the molecule is CCOC(=O)c1cc(CCc2ccccn2)on1. The number of hydrogen-bond donors (Lipinski definition) is 0. The number of aryl methyl sites for hydroxylation is 2. The van der Waals surface area contributed by atoms with Crippen molar-refractivity contribution in [2.24, 2.45) is 0 Å². The minimum atomic E-state index is -0.453. The first-order valence-corrected chi connectivity index (χ1v) is 5.82. The molecule has 18 heavy (non-hydrogen) atoms. The number of ether oxygens (including phenoxy) is 1. The van der Waals surface area contributed by atoms with Gasteiger partial charge in [-0.15, -0.1) is 0 Å². The summed E-state index contributed by atoms with van der Waals surface area (Å²) in [5, 5.41) is 3.68. The Morgan fingerprint density at radius 1 is 1.39 bits per heavy atom. The second kappa shape index (κ2) is 5.95. The lowest BCUT2D eigenvalue weighted by Gasteiger charge is -1.96. The smallest absolute Gasteiger partial charge is 0.360 e. The molecule has 0 aliphatic carbocycles. The van der Waals surface area contributed by atoms with Gasteiger partial charge in [-0.2, -0.15) is 0 Å². The second-order valence-corrected chi connectivity index (χ2v) is 3.72. The van der Waals surface area contributed by atoms with Crippen LogP contribution in [0.4, 0.5) is 0 Å². The van der Waals surface area contributed by atoms with Crippen LogP contribution in [0.1, 0.15) is 28.9 Å². The van der Waals surface area contributed by atoms with Gasteiger partial charge in [0.05, 0.1) is 6.61 Å². The van der Waals surface area contributed by atoms with Crippen molar-refractivity contribution in [3.8, 4) is 0 Å². The number of pyridine rings is 1. The van der Waals surface area contributed by atoms with E-state index in [4.69, 9.17) is 9.26 Å². The van der Waals surface area contributed by atoms with Crippen molar-refractivity contribution in [2.45, 2.75) is 19.8 Å². The van der Waals surface area contributed by atoms with Gasteiger partial charge in [-0.1, -0.05) is 11.2 Å². The summed E-state index contributed by atoms with van der Waals surface area (Å²) in [6, 6.07) is 7.37. The molecule has 5 heteroatoms. The maximum Gasteiger partial charge on any atom is 0.360 e. The fraction of sp³-hybridized carbons (Fsp3) is 0.308. The van der Waals surface area contributed by atoms with E-state index < -0.39 is 5.97 Å². The predicted octanol–water partition coefficient (Wildman–Crippen LogP) is 2.03. The third kappa shape index (κ3) is 3.16. The van der Waals surface area contributed by atoms with E-state index in [0.717, 1.165) is 12.1 Å². The predicted molar refractivity (Wildman–Crippen MR) is 64.1 cm³/mol. The molecule has 2 rings (SSSR count). The van der Waals surface area contributed by atoms with Crippen LogP contribution in [0.5, 0.6) is 0 Å². The van der Waals surface area contributed by atoms with Crippen molar-refractivity contribution < 1.29 is 14.1 Å². The van der Waals surface area contributed by atoms with Gasteiger partial charge in [-0.3, -0.25) is 4.98 Å². The van der Waals surface area contributed by atoms with Crippen LogP contribution in [0.25, 0.3) is 0 Å². The molecule has 0 aromatic carbocycles. The van der Waals surface area contributed by atoms with E-state index in [1.807, 2.05) is 18.2 Å². The molecule has 0 N–H and O–H groups in total. The number of hydrogen-bond acceptors (Lipinski definition) is 5. The molecular weight excluding hydrogens is 232 g/mol. The first-order valence-electron chi connectivity index (χ1n) is 5.82. The van der Waals surface area contributed by atoms with Gasteiger partial charge in [0.1, 0.15) is 5.76 Å². The Kier molecular flexibility index (Phi) is 4.06. The minimum absolute atomic E-state index is 0.216. The summed E-state index contributed by atoms with van der Waals surface area (Å²) in [4.78, 5) is 15.6. The van der Waals surface area contributed by atoms with Gasteiger partial charge in [0.2, 0.25) is 0 Å². The van der Waals surface area contributed by atoms with Crippen LogP contribution in [0.2, 0.25) is 0 Å². The fourth-order valence-corrected chi connectivity index (χ4v) is 1.53. The van der Waals surface area contributed by atoms with Gasteiger partial charge in [0, 0.05) is 24.4 Å². The lowest BCUT2D eigenvalue weighted by Crippen LogP contribution is -2.04. The molecule has 0 saturated carbocycles. The third-order valence-electron chi connectivity index (χ3n) is 2.40. The Morgan fingerprint density at radius 2 is 2.28 bits per heavy atom. The summed E-state index contributed by atoms with van der Waals surface area (Å²) in [6.45, 7) is 2.08. The Hall–Kier alpha value is -2.17. The molecule has 2 aromatic rings. The number of rotatable bonds is 5. The van der Waals surface area contributed by atoms with Crippen LogP contribution in [0.3, 0.4) is 0 Å². The van der Waals surface area contributed by atoms with Gasteiger partial charge in [0.25, 0.3) is 0 Å². The summed E-state index contributed by atoms with van der Waals surface area (Å²) in [7, 11) is 0. The highest BCUT2D eigenvalue weighted by Crippen LogP contribution is 2.08. The van der Waals surface area contributed by atoms with E-state index in [1.54, 1.807) is 19.2 Å². The fourth-order valence-electron chi connectivity index (χ4n) is 1.53. The van der Waals surface area contributed by atoms with Gasteiger partial charge < -0.3 is 9.26 Å². The Bertz CT molecular complexity index is 508. The Labute approximate surface area is 105 Å². The molecule has 0 radical (unpaired) electrons. The lowest BCUT2D eigenvalue weighted by atomic mass is 10.2. The average molecular weight is 246 g/mol. The van der Waals surface area contributed by atoms with E-state index in [-0.39, 0.29) is 5.69 Å². The molecule has 0 spiro atoms. The summed E-state index contributed by atoms with van der Waals surface area (Å²) in [5.74, 6) is 0.203. The van der Waals surface area contributed by atoms with Crippen molar-refractivity contribution in [3.05, 3.63) is 47.6 Å². The van der Waals surface area contributed by atoms with Gasteiger partial charge >= 0.3 is 5.97 Å². The zero-order valence-electron chi connectivity index (χ0n) is 10.1. The van der Waals surface area contributed by atoms with Crippen LogP contribution >= 0.6 is 0 Å². The highest BCUT2D eigenvalue weighted by atomic mass is 16.5. The van der Waals surface area contributed by atoms with Crippen molar-refractivity contribution in [3.63, 3.8) is 0 Å². The highest BCUT2D eigenvalue weighted by molar-refractivity contribution is 5.87. The molecule has 2 aromatic heterocycles. The maximum absolute atomic E-state index is 11.4. The van der Waals surface area contributed by atoms with Crippen LogP contribution in [-0.4, -0.2) is 22.7 Å². The molecule has 0 aliphatic rings. The molecule has 0 aliphatic heterocycles. The van der Waals surface area contributed by atoms with E-state index in [9.17, 15) is 4.79 Å². The van der Waals surface area contributed by atoms with Gasteiger partial charge in [-0.25, -0.2) is 4.79 Å². The van der Waals surface area contributed by atoms with E-state index in [2.05, 4.69) is 10.1 Å². The molecule has 94 valence electrons. The van der Waals surface area contributed by atoms with Crippen LogP contribution < -0.4 is 0 Å². The molecule has 0 amide bonds. The monoisotopic (exact) mass is 246 g/mol. The van der Waals surface area contributed by atoms with Crippen LogP contribution in [-0.2, 0) is 17.6 Å².